The summed E-state index contributed by atoms with van der Waals surface area (Å²) in [6.07, 6.45) is 3.46. The van der Waals surface area contributed by atoms with Crippen molar-refractivity contribution in [3.63, 3.8) is 0 Å². The molecule has 1 aromatic rings. The Kier molecular flexibility index (Phi) is 4.04. The van der Waals surface area contributed by atoms with Crippen LogP contribution < -0.4 is 10.5 Å². The Hall–Kier alpha value is -0.910. The lowest BCUT2D eigenvalue weighted by Gasteiger charge is -2.38. The maximum atomic E-state index is 11.8. The van der Waals surface area contributed by atoms with Crippen LogP contribution in [0.4, 0.5) is 0 Å². The highest BCUT2D eigenvalue weighted by Crippen LogP contribution is 2.28. The van der Waals surface area contributed by atoms with Gasteiger partial charge in [0.15, 0.2) is 0 Å². The molecular formula is C13H20N2O2S. The first-order chi connectivity index (χ1) is 8.49. The van der Waals surface area contributed by atoms with Crippen molar-refractivity contribution in [2.45, 2.75) is 31.2 Å². The fourth-order valence-electron chi connectivity index (χ4n) is 2.03. The molecule has 0 amide bonds. The van der Waals surface area contributed by atoms with Crippen molar-refractivity contribution in [2.24, 2.45) is 5.73 Å². The van der Waals surface area contributed by atoms with Crippen LogP contribution in [0, 0.1) is 0 Å². The lowest BCUT2D eigenvalue weighted by molar-refractivity contribution is 0.251. The molecule has 0 heterocycles. The lowest BCUT2D eigenvalue weighted by Crippen LogP contribution is -2.55. The van der Waals surface area contributed by atoms with Crippen molar-refractivity contribution in [3.05, 3.63) is 35.9 Å². The number of sulfonamides is 1. The van der Waals surface area contributed by atoms with Gasteiger partial charge >= 0.3 is 0 Å². The van der Waals surface area contributed by atoms with Crippen LogP contribution in [0.3, 0.4) is 0 Å². The van der Waals surface area contributed by atoms with Gasteiger partial charge in [-0.25, -0.2) is 13.1 Å². The quantitative estimate of drug-likeness (QED) is 0.809. The van der Waals surface area contributed by atoms with E-state index in [2.05, 4.69) is 4.72 Å². The summed E-state index contributed by atoms with van der Waals surface area (Å²) >= 11 is 0. The molecule has 1 fully saturated rings. The fourth-order valence-corrected chi connectivity index (χ4v) is 3.19. The fraction of sp³-hybridized carbons (Fsp3) is 0.538. The van der Waals surface area contributed by atoms with E-state index in [4.69, 9.17) is 5.73 Å². The summed E-state index contributed by atoms with van der Waals surface area (Å²) in [6, 6.07) is 9.63. The third-order valence-corrected chi connectivity index (χ3v) is 4.82. The lowest BCUT2D eigenvalue weighted by atomic mass is 9.78. The van der Waals surface area contributed by atoms with E-state index in [1.807, 2.05) is 30.3 Å². The van der Waals surface area contributed by atoms with Crippen LogP contribution >= 0.6 is 0 Å². The third kappa shape index (κ3) is 3.80. The van der Waals surface area contributed by atoms with Gasteiger partial charge in [0.1, 0.15) is 0 Å². The van der Waals surface area contributed by atoms with Gasteiger partial charge in [0, 0.05) is 12.1 Å². The van der Waals surface area contributed by atoms with E-state index in [-0.39, 0.29) is 11.3 Å². The second-order valence-electron chi connectivity index (χ2n) is 5.09. The Balaban J connectivity index is 1.80. The number of benzene rings is 1. The Labute approximate surface area is 109 Å². The van der Waals surface area contributed by atoms with Crippen LogP contribution in [0.15, 0.2) is 30.3 Å². The molecule has 1 saturated carbocycles. The Bertz CT molecular complexity index is 481. The van der Waals surface area contributed by atoms with Crippen molar-refractivity contribution >= 4 is 10.0 Å². The number of nitrogens with one attached hydrogen (secondary N) is 1. The molecule has 0 radical (unpaired) electrons. The number of aryl methyl sites for hydroxylation is 1. The monoisotopic (exact) mass is 268 g/mol. The molecule has 4 nitrogen and oxygen atoms in total. The van der Waals surface area contributed by atoms with Crippen LogP contribution in [-0.4, -0.2) is 26.3 Å². The first-order valence-electron chi connectivity index (χ1n) is 6.29. The molecule has 1 aliphatic carbocycles. The van der Waals surface area contributed by atoms with Gasteiger partial charge in [0.25, 0.3) is 0 Å². The third-order valence-electron chi connectivity index (χ3n) is 3.50. The van der Waals surface area contributed by atoms with Crippen molar-refractivity contribution in [1.82, 2.24) is 4.72 Å². The minimum absolute atomic E-state index is 0.118. The summed E-state index contributed by atoms with van der Waals surface area (Å²) in [7, 11) is -3.22. The van der Waals surface area contributed by atoms with Gasteiger partial charge in [-0.05, 0) is 31.2 Å². The summed E-state index contributed by atoms with van der Waals surface area (Å²) in [5.41, 5.74) is 6.72. The molecule has 3 N–H and O–H groups in total. The van der Waals surface area contributed by atoms with Crippen LogP contribution in [0.5, 0.6) is 0 Å². The number of nitrogens with two attached hydrogens (primary N) is 1. The molecular weight excluding hydrogens is 248 g/mol. The second-order valence-corrected chi connectivity index (χ2v) is 7.02. The summed E-state index contributed by atoms with van der Waals surface area (Å²) in [5.74, 6) is 0.118. The van der Waals surface area contributed by atoms with Crippen molar-refractivity contribution in [2.75, 3.05) is 12.3 Å². The van der Waals surface area contributed by atoms with Crippen LogP contribution in [0.1, 0.15) is 24.8 Å². The van der Waals surface area contributed by atoms with E-state index in [0.29, 0.717) is 13.0 Å². The van der Waals surface area contributed by atoms with Crippen molar-refractivity contribution < 1.29 is 8.42 Å². The van der Waals surface area contributed by atoms with E-state index in [1.54, 1.807) is 0 Å². The zero-order valence-corrected chi connectivity index (χ0v) is 11.2. The molecule has 0 aliphatic heterocycles. The second kappa shape index (κ2) is 5.38. The van der Waals surface area contributed by atoms with Gasteiger partial charge in [0.2, 0.25) is 10.0 Å². The molecule has 0 spiro atoms. The molecule has 0 saturated heterocycles. The average molecular weight is 268 g/mol. The van der Waals surface area contributed by atoms with Crippen LogP contribution in [0.2, 0.25) is 0 Å². The highest BCUT2D eigenvalue weighted by molar-refractivity contribution is 7.89. The van der Waals surface area contributed by atoms with Gasteiger partial charge in [-0.2, -0.15) is 0 Å². The SMILES string of the molecule is NC1(CNS(=O)(=O)CCc2ccccc2)CCC1. The zero-order chi connectivity index (χ0) is 13.1. The van der Waals surface area contributed by atoms with Gasteiger partial charge in [-0.15, -0.1) is 0 Å². The molecule has 0 atom stereocenters. The Morgan fingerprint density at radius 1 is 1.22 bits per heavy atom. The largest absolute Gasteiger partial charge is 0.324 e. The molecule has 100 valence electrons. The molecule has 5 heteroatoms. The maximum absolute atomic E-state index is 11.8. The van der Waals surface area contributed by atoms with Crippen LogP contribution in [0.25, 0.3) is 0 Å². The van der Waals surface area contributed by atoms with Crippen molar-refractivity contribution in [1.29, 1.82) is 0 Å². The highest BCUT2D eigenvalue weighted by Gasteiger charge is 2.33. The highest BCUT2D eigenvalue weighted by atomic mass is 32.2. The normalized spacial score (nSPS) is 18.3. The number of hydrogen-bond acceptors (Lipinski definition) is 3. The topological polar surface area (TPSA) is 72.2 Å². The standard InChI is InChI=1S/C13H20N2O2S/c14-13(8-4-9-13)11-15-18(16,17)10-7-12-5-2-1-3-6-12/h1-3,5-6,15H,4,7-11,14H2. The summed E-state index contributed by atoms with van der Waals surface area (Å²) in [6.45, 7) is 0.365. The summed E-state index contributed by atoms with van der Waals surface area (Å²) in [5, 5.41) is 0. The van der Waals surface area contributed by atoms with Crippen molar-refractivity contribution in [3.8, 4) is 0 Å². The Morgan fingerprint density at radius 3 is 2.44 bits per heavy atom. The van der Waals surface area contributed by atoms with Crippen LogP contribution in [-0.2, 0) is 16.4 Å². The molecule has 0 unspecified atom stereocenters. The summed E-state index contributed by atoms with van der Waals surface area (Å²) in [4.78, 5) is 0. The molecule has 1 aromatic carbocycles. The first kappa shape index (κ1) is 13.5. The molecule has 2 rings (SSSR count). The van der Waals surface area contributed by atoms with Gasteiger partial charge < -0.3 is 5.73 Å². The van der Waals surface area contributed by atoms with E-state index in [1.165, 1.54) is 0 Å². The minimum Gasteiger partial charge on any atom is -0.324 e. The zero-order valence-electron chi connectivity index (χ0n) is 10.4. The van der Waals surface area contributed by atoms with E-state index >= 15 is 0 Å². The van der Waals surface area contributed by atoms with Gasteiger partial charge in [-0.1, -0.05) is 30.3 Å². The predicted octanol–water partition coefficient (Wildman–Crippen LogP) is 1.03. The Morgan fingerprint density at radius 2 is 1.89 bits per heavy atom. The number of hydrogen-bond donors (Lipinski definition) is 2. The van der Waals surface area contributed by atoms with Gasteiger partial charge in [-0.3, -0.25) is 0 Å². The minimum atomic E-state index is -3.22. The predicted molar refractivity (Wildman–Crippen MR) is 72.7 cm³/mol. The van der Waals surface area contributed by atoms with Gasteiger partial charge in [0.05, 0.1) is 5.75 Å². The average Bonchev–Trinajstić information content (AvgIpc) is 2.33. The van der Waals surface area contributed by atoms with E-state index < -0.39 is 10.0 Å². The molecule has 0 bridgehead atoms. The smallest absolute Gasteiger partial charge is 0.211 e. The molecule has 0 aromatic heterocycles. The number of rotatable bonds is 6. The van der Waals surface area contributed by atoms with E-state index in [9.17, 15) is 8.42 Å². The molecule has 1 aliphatic rings. The molecule has 18 heavy (non-hydrogen) atoms. The maximum Gasteiger partial charge on any atom is 0.211 e. The van der Waals surface area contributed by atoms with E-state index in [0.717, 1.165) is 24.8 Å². The summed E-state index contributed by atoms with van der Waals surface area (Å²) < 4.78 is 26.3. The first-order valence-corrected chi connectivity index (χ1v) is 7.95.